The number of hydrogen-bond acceptors (Lipinski definition) is 5. The quantitative estimate of drug-likeness (QED) is 0.744. The number of aryl methyl sites for hydroxylation is 2. The number of anilines is 1. The lowest BCUT2D eigenvalue weighted by molar-refractivity contribution is 0.0686. The predicted octanol–water partition coefficient (Wildman–Crippen LogP) is 1.78. The van der Waals surface area contributed by atoms with E-state index < -0.39 is 16.0 Å². The molecule has 0 atom stereocenters. The lowest BCUT2D eigenvalue weighted by Gasteiger charge is -2.10. The van der Waals surface area contributed by atoms with E-state index >= 15 is 0 Å². The molecule has 0 bridgehead atoms. The molecule has 2 aromatic heterocycles. The maximum Gasteiger partial charge on any atom is 0.356 e. The zero-order chi connectivity index (χ0) is 17.5. The van der Waals surface area contributed by atoms with Gasteiger partial charge in [-0.2, -0.15) is 5.10 Å². The summed E-state index contributed by atoms with van der Waals surface area (Å²) in [5, 5.41) is 13.7. The molecule has 2 N–H and O–H groups in total. The van der Waals surface area contributed by atoms with E-state index in [1.54, 1.807) is 18.3 Å². The van der Waals surface area contributed by atoms with Crippen LogP contribution >= 0.6 is 0 Å². The van der Waals surface area contributed by atoms with Crippen molar-refractivity contribution in [3.8, 4) is 0 Å². The molecule has 0 aliphatic rings. The highest BCUT2D eigenvalue weighted by Gasteiger charge is 2.23. The molecule has 0 saturated carbocycles. The van der Waals surface area contributed by atoms with Gasteiger partial charge in [-0.1, -0.05) is 12.1 Å². The van der Waals surface area contributed by atoms with Gasteiger partial charge in [-0.15, -0.1) is 0 Å². The smallest absolute Gasteiger partial charge is 0.356 e. The van der Waals surface area contributed by atoms with Crippen molar-refractivity contribution in [1.82, 2.24) is 14.8 Å². The van der Waals surface area contributed by atoms with E-state index in [0.29, 0.717) is 10.9 Å². The number of sulfonamides is 1. The Labute approximate surface area is 137 Å². The van der Waals surface area contributed by atoms with E-state index in [9.17, 15) is 18.3 Å². The van der Waals surface area contributed by atoms with Crippen molar-refractivity contribution in [2.75, 3.05) is 4.72 Å². The summed E-state index contributed by atoms with van der Waals surface area (Å²) >= 11 is 0. The Morgan fingerprint density at radius 2 is 2.04 bits per heavy atom. The largest absolute Gasteiger partial charge is 0.476 e. The first kappa shape index (κ1) is 15.9. The molecule has 0 spiro atoms. The number of carboxylic acid groups (broad SMARTS) is 1. The van der Waals surface area contributed by atoms with E-state index in [-0.39, 0.29) is 16.3 Å². The normalized spacial score (nSPS) is 11.6. The number of carboxylic acids is 1. The minimum absolute atomic E-state index is 0.0276. The van der Waals surface area contributed by atoms with E-state index in [4.69, 9.17) is 0 Å². The number of nitrogens with zero attached hydrogens (tertiary/aromatic N) is 3. The van der Waals surface area contributed by atoms with Gasteiger partial charge in [-0.25, -0.2) is 13.2 Å². The fourth-order valence-electron chi connectivity index (χ4n) is 2.43. The number of rotatable bonds is 4. The second-order valence-electron chi connectivity index (χ2n) is 5.28. The number of pyridine rings is 1. The molecule has 0 radical (unpaired) electrons. The number of para-hydroxylation sites is 1. The SMILES string of the molecule is Cc1cnc2c(S(=O)(=O)Nc3cnn(C)c3C(=O)O)cccc2c1. The van der Waals surface area contributed by atoms with Gasteiger partial charge in [0.05, 0.1) is 11.7 Å². The average molecular weight is 346 g/mol. The Morgan fingerprint density at radius 1 is 1.29 bits per heavy atom. The zero-order valence-electron chi connectivity index (χ0n) is 12.9. The first-order valence-corrected chi connectivity index (χ1v) is 8.41. The van der Waals surface area contributed by atoms with Crippen molar-refractivity contribution in [3.05, 3.63) is 47.9 Å². The van der Waals surface area contributed by atoms with Crippen LogP contribution in [0, 0.1) is 6.92 Å². The third-order valence-corrected chi connectivity index (χ3v) is 4.88. The van der Waals surface area contributed by atoms with Crippen LogP contribution in [0.25, 0.3) is 10.9 Å². The first-order chi connectivity index (χ1) is 11.3. The molecular weight excluding hydrogens is 332 g/mol. The molecule has 0 fully saturated rings. The lowest BCUT2D eigenvalue weighted by atomic mass is 10.2. The fourth-order valence-corrected chi connectivity index (χ4v) is 3.66. The second kappa shape index (κ2) is 5.60. The lowest BCUT2D eigenvalue weighted by Crippen LogP contribution is -2.16. The Bertz CT molecular complexity index is 1060. The van der Waals surface area contributed by atoms with Crippen LogP contribution in [-0.4, -0.2) is 34.3 Å². The van der Waals surface area contributed by atoms with Crippen molar-refractivity contribution >= 4 is 32.6 Å². The highest BCUT2D eigenvalue weighted by Crippen LogP contribution is 2.25. The number of aromatic nitrogens is 3. The van der Waals surface area contributed by atoms with Gasteiger partial charge in [0.2, 0.25) is 0 Å². The summed E-state index contributed by atoms with van der Waals surface area (Å²) in [5.41, 5.74) is 0.874. The van der Waals surface area contributed by atoms with Crippen LogP contribution in [-0.2, 0) is 17.1 Å². The molecule has 1 aromatic carbocycles. The number of aromatic carboxylic acids is 1. The summed E-state index contributed by atoms with van der Waals surface area (Å²) in [6.07, 6.45) is 2.73. The third kappa shape index (κ3) is 2.69. The van der Waals surface area contributed by atoms with Crippen LogP contribution in [0.3, 0.4) is 0 Å². The van der Waals surface area contributed by atoms with Gasteiger partial charge >= 0.3 is 5.97 Å². The third-order valence-electron chi connectivity index (χ3n) is 3.49. The van der Waals surface area contributed by atoms with Crippen LogP contribution < -0.4 is 4.72 Å². The minimum Gasteiger partial charge on any atom is -0.476 e. The summed E-state index contributed by atoms with van der Waals surface area (Å²) in [5.74, 6) is -1.28. The number of fused-ring (bicyclic) bond motifs is 1. The molecule has 24 heavy (non-hydrogen) atoms. The predicted molar refractivity (Wildman–Crippen MR) is 87.5 cm³/mol. The number of hydrogen-bond donors (Lipinski definition) is 2. The van der Waals surface area contributed by atoms with Crippen molar-refractivity contribution in [2.24, 2.45) is 7.05 Å². The van der Waals surface area contributed by atoms with Crippen LogP contribution in [0.4, 0.5) is 5.69 Å². The Morgan fingerprint density at radius 3 is 2.75 bits per heavy atom. The van der Waals surface area contributed by atoms with Gasteiger partial charge in [0.1, 0.15) is 10.6 Å². The fraction of sp³-hybridized carbons (Fsp3) is 0.133. The van der Waals surface area contributed by atoms with E-state index in [2.05, 4.69) is 14.8 Å². The average Bonchev–Trinajstić information content (AvgIpc) is 2.86. The molecule has 8 nitrogen and oxygen atoms in total. The summed E-state index contributed by atoms with van der Waals surface area (Å²) in [6.45, 7) is 1.86. The van der Waals surface area contributed by atoms with Gasteiger partial charge < -0.3 is 5.11 Å². The van der Waals surface area contributed by atoms with Gasteiger partial charge in [0.15, 0.2) is 5.69 Å². The molecule has 0 unspecified atom stereocenters. The summed E-state index contributed by atoms with van der Waals surface area (Å²) in [6, 6.07) is 6.62. The monoisotopic (exact) mass is 346 g/mol. The minimum atomic E-state index is -4.02. The number of carbonyl (C=O) groups is 1. The second-order valence-corrected chi connectivity index (χ2v) is 6.93. The maximum absolute atomic E-state index is 12.7. The molecule has 0 saturated heterocycles. The van der Waals surface area contributed by atoms with Crippen LogP contribution in [0.5, 0.6) is 0 Å². The topological polar surface area (TPSA) is 114 Å². The summed E-state index contributed by atoms with van der Waals surface area (Å²) < 4.78 is 28.8. The molecule has 3 aromatic rings. The van der Waals surface area contributed by atoms with Crippen LogP contribution in [0.1, 0.15) is 16.1 Å². The highest BCUT2D eigenvalue weighted by atomic mass is 32.2. The molecule has 124 valence electrons. The van der Waals surface area contributed by atoms with Crippen molar-refractivity contribution in [1.29, 1.82) is 0 Å². The van der Waals surface area contributed by atoms with Crippen molar-refractivity contribution < 1.29 is 18.3 Å². The zero-order valence-corrected chi connectivity index (χ0v) is 13.7. The van der Waals surface area contributed by atoms with Gasteiger partial charge in [-0.05, 0) is 24.6 Å². The summed E-state index contributed by atoms with van der Waals surface area (Å²) in [4.78, 5) is 15.4. The standard InChI is InChI=1S/C15H14N4O4S/c1-9-6-10-4-3-5-12(13(10)16-7-9)24(22,23)18-11-8-17-19(2)14(11)15(20)21/h3-8,18H,1-2H3,(H,20,21). The van der Waals surface area contributed by atoms with Gasteiger partial charge in [0.25, 0.3) is 10.0 Å². The van der Waals surface area contributed by atoms with Crippen molar-refractivity contribution in [3.63, 3.8) is 0 Å². The van der Waals surface area contributed by atoms with Crippen LogP contribution in [0.2, 0.25) is 0 Å². The van der Waals surface area contributed by atoms with E-state index in [1.807, 2.05) is 13.0 Å². The van der Waals surface area contributed by atoms with E-state index in [0.717, 1.165) is 16.4 Å². The molecular formula is C15H14N4O4S. The number of benzene rings is 1. The van der Waals surface area contributed by atoms with Gasteiger partial charge in [0, 0.05) is 18.6 Å². The van der Waals surface area contributed by atoms with Gasteiger partial charge in [-0.3, -0.25) is 14.4 Å². The Kier molecular flexibility index (Phi) is 3.72. The highest BCUT2D eigenvalue weighted by molar-refractivity contribution is 7.93. The van der Waals surface area contributed by atoms with E-state index in [1.165, 1.54) is 13.1 Å². The first-order valence-electron chi connectivity index (χ1n) is 6.93. The molecule has 9 heteroatoms. The Hall–Kier alpha value is -2.94. The van der Waals surface area contributed by atoms with Crippen molar-refractivity contribution in [2.45, 2.75) is 11.8 Å². The Balaban J connectivity index is 2.11. The molecule has 3 rings (SSSR count). The number of nitrogens with one attached hydrogen (secondary N) is 1. The maximum atomic E-state index is 12.7. The molecule has 2 heterocycles. The van der Waals surface area contributed by atoms with Crippen LogP contribution in [0.15, 0.2) is 41.6 Å². The molecule has 0 aliphatic heterocycles. The molecule has 0 amide bonds. The molecule has 0 aliphatic carbocycles. The summed E-state index contributed by atoms with van der Waals surface area (Å²) in [7, 11) is -2.60.